The number of rotatable bonds is 8. The van der Waals surface area contributed by atoms with Crippen molar-refractivity contribution in [3.63, 3.8) is 0 Å². The summed E-state index contributed by atoms with van der Waals surface area (Å²) in [7, 11) is 0. The molecule has 0 spiro atoms. The molecule has 12 heteroatoms. The fourth-order valence-electron chi connectivity index (χ4n) is 5.47. The van der Waals surface area contributed by atoms with Crippen LogP contribution in [0.5, 0.6) is 0 Å². The summed E-state index contributed by atoms with van der Waals surface area (Å²) in [5.41, 5.74) is 7.41. The van der Waals surface area contributed by atoms with Crippen molar-refractivity contribution in [2.75, 3.05) is 43.0 Å². The Morgan fingerprint density at radius 2 is 2.26 bits per heavy atom. The van der Waals surface area contributed by atoms with Crippen LogP contribution >= 0.6 is 0 Å². The van der Waals surface area contributed by atoms with Crippen LogP contribution in [0.15, 0.2) is 24.4 Å². The van der Waals surface area contributed by atoms with E-state index < -0.39 is 6.10 Å². The molecule has 3 atom stereocenters. The predicted octanol–water partition coefficient (Wildman–Crippen LogP) is 1.04. The number of fused-ring (bicyclic) bond motifs is 1. The van der Waals surface area contributed by atoms with Crippen molar-refractivity contribution in [3.8, 4) is 0 Å². The molecule has 3 unspecified atom stereocenters. The first-order valence-corrected chi connectivity index (χ1v) is 12.4. The second-order valence-electron chi connectivity index (χ2n) is 9.88. The Morgan fingerprint density at radius 3 is 3.00 bits per heavy atom. The maximum atomic E-state index is 11.4. The van der Waals surface area contributed by atoms with Crippen LogP contribution in [0, 0.1) is 0 Å². The van der Waals surface area contributed by atoms with Crippen LogP contribution in [0.3, 0.4) is 0 Å². The Kier molecular flexibility index (Phi) is 5.58. The van der Waals surface area contributed by atoms with E-state index in [0.29, 0.717) is 55.0 Å². The number of hydroxylamine groups is 3. The quantitative estimate of drug-likeness (QED) is 0.348. The van der Waals surface area contributed by atoms with Gasteiger partial charge in [-0.25, -0.2) is 9.35 Å². The number of hydrogen-bond acceptors (Lipinski definition) is 8. The molecule has 3 aromatic rings. The molecule has 5 heterocycles. The number of primary amides is 1. The lowest BCUT2D eigenvalue weighted by molar-refractivity contribution is -1.11. The van der Waals surface area contributed by atoms with Gasteiger partial charge in [-0.2, -0.15) is 14.7 Å². The topological polar surface area (TPSA) is 147 Å². The third kappa shape index (κ3) is 4.32. The zero-order valence-electron chi connectivity index (χ0n) is 19.6. The summed E-state index contributed by atoms with van der Waals surface area (Å²) in [4.78, 5) is 24.4. The van der Waals surface area contributed by atoms with Crippen molar-refractivity contribution < 1.29 is 19.4 Å². The minimum atomic E-state index is -0.650. The molecule has 3 aromatic heterocycles. The van der Waals surface area contributed by atoms with E-state index in [1.807, 2.05) is 29.3 Å². The fraction of sp³-hybridized carbons (Fsp3) is 0.565. The number of anilines is 3. The van der Waals surface area contributed by atoms with Crippen molar-refractivity contribution in [1.82, 2.24) is 24.8 Å². The second-order valence-corrected chi connectivity index (χ2v) is 9.88. The van der Waals surface area contributed by atoms with Crippen molar-refractivity contribution in [1.29, 1.82) is 0 Å². The van der Waals surface area contributed by atoms with E-state index in [1.54, 1.807) is 4.52 Å². The number of quaternary nitrogens is 1. The van der Waals surface area contributed by atoms with Gasteiger partial charge in [0.25, 0.3) is 0 Å². The van der Waals surface area contributed by atoms with E-state index in [0.717, 1.165) is 30.0 Å². The Hall–Kier alpha value is -3.22. The Bertz CT molecular complexity index is 1210. The SMILES string of the molecule is NC(=O)CC[N+]1(C2CCN(c3nc(Nc4cc(C5CC5)[nH]n4)c4cccn4n3)CC2O)CCCO1. The highest BCUT2D eigenvalue weighted by atomic mass is 16.7. The molecule has 1 saturated carbocycles. The maximum absolute atomic E-state index is 11.4. The molecule has 3 fully saturated rings. The van der Waals surface area contributed by atoms with Gasteiger partial charge in [0.1, 0.15) is 37.4 Å². The summed E-state index contributed by atoms with van der Waals surface area (Å²) in [6, 6.07) is 5.81. The van der Waals surface area contributed by atoms with Gasteiger partial charge < -0.3 is 21.1 Å². The first-order valence-electron chi connectivity index (χ1n) is 12.4. The molecule has 6 rings (SSSR count). The number of aliphatic hydroxyl groups excluding tert-OH is 1. The van der Waals surface area contributed by atoms with E-state index in [9.17, 15) is 9.90 Å². The number of aliphatic hydroxyl groups is 1. The molecule has 5 N–H and O–H groups in total. The number of nitrogens with one attached hydrogen (secondary N) is 2. The minimum absolute atomic E-state index is 0.120. The first-order chi connectivity index (χ1) is 17.0. The van der Waals surface area contributed by atoms with E-state index in [4.69, 9.17) is 20.7 Å². The molecule has 0 radical (unpaired) electrons. The molecule has 12 nitrogen and oxygen atoms in total. The van der Waals surface area contributed by atoms with Crippen molar-refractivity contribution in [3.05, 3.63) is 30.1 Å². The number of aromatic amines is 1. The van der Waals surface area contributed by atoms with Crippen LogP contribution in [-0.4, -0.2) is 85.4 Å². The van der Waals surface area contributed by atoms with Crippen LogP contribution in [0.4, 0.5) is 17.6 Å². The lowest BCUT2D eigenvalue weighted by atomic mass is 9.99. The van der Waals surface area contributed by atoms with Gasteiger partial charge in [0.15, 0.2) is 11.6 Å². The van der Waals surface area contributed by atoms with E-state index in [-0.39, 0.29) is 18.4 Å². The molecule has 2 aliphatic heterocycles. The molecule has 35 heavy (non-hydrogen) atoms. The van der Waals surface area contributed by atoms with Crippen molar-refractivity contribution >= 4 is 29.0 Å². The summed E-state index contributed by atoms with van der Waals surface area (Å²) in [6.07, 6.45) is 5.48. The number of β-amino-alcohol motifs (C(OH)–C–C–N with tert-alkyl or cyclic N) is 1. The molecule has 1 aliphatic carbocycles. The number of carbonyl (C=O) groups excluding carboxylic acids is 1. The van der Waals surface area contributed by atoms with Crippen LogP contribution in [0.1, 0.15) is 43.7 Å². The summed E-state index contributed by atoms with van der Waals surface area (Å²) < 4.78 is 2.09. The van der Waals surface area contributed by atoms with E-state index in [2.05, 4.69) is 15.5 Å². The van der Waals surface area contributed by atoms with Gasteiger partial charge in [-0.3, -0.25) is 9.89 Å². The molecular formula is C23H32N9O3+. The number of nitrogens with zero attached hydrogens (tertiary/aromatic N) is 6. The number of aromatic nitrogens is 5. The summed E-state index contributed by atoms with van der Waals surface area (Å²) in [6.45, 7) is 2.95. The van der Waals surface area contributed by atoms with E-state index in [1.165, 1.54) is 12.8 Å². The summed E-state index contributed by atoms with van der Waals surface area (Å²) >= 11 is 0. The van der Waals surface area contributed by atoms with Gasteiger partial charge >= 0.3 is 0 Å². The van der Waals surface area contributed by atoms with Crippen LogP contribution in [-0.2, 0) is 9.63 Å². The lowest BCUT2D eigenvalue weighted by Crippen LogP contribution is -2.63. The fourth-order valence-corrected chi connectivity index (χ4v) is 5.47. The van der Waals surface area contributed by atoms with Gasteiger partial charge in [0.2, 0.25) is 11.9 Å². The molecule has 3 aliphatic rings. The molecule has 1 amide bonds. The van der Waals surface area contributed by atoms with Gasteiger partial charge in [0, 0.05) is 43.3 Å². The average Bonchev–Trinajstić information content (AvgIpc) is 3.23. The van der Waals surface area contributed by atoms with Crippen LogP contribution < -0.4 is 16.0 Å². The van der Waals surface area contributed by atoms with Crippen LogP contribution in [0.2, 0.25) is 0 Å². The zero-order chi connectivity index (χ0) is 24.0. The zero-order valence-corrected chi connectivity index (χ0v) is 19.6. The summed E-state index contributed by atoms with van der Waals surface area (Å²) in [5.74, 6) is 2.17. The number of piperidine rings is 1. The maximum Gasteiger partial charge on any atom is 0.245 e. The second kappa shape index (κ2) is 8.77. The third-order valence-electron chi connectivity index (χ3n) is 7.44. The van der Waals surface area contributed by atoms with Crippen molar-refractivity contribution in [2.24, 2.45) is 5.73 Å². The molecule has 2 saturated heterocycles. The Morgan fingerprint density at radius 1 is 1.37 bits per heavy atom. The standard InChI is InChI=1S/C23H31N9O3/c24-20(34)7-11-32(10-2-12-35-32)18-6-9-30(14-19(18)33)23-26-22(17-3-1-8-31(17)29-23)25-21-13-16(27-28-21)15-4-5-15/h1,3,8,13,15,18-19,33H,2,4-7,9-12,14H2,(H3-,24,25,26,27,28,29,34)/p+1. The lowest BCUT2D eigenvalue weighted by Gasteiger charge is -2.44. The Labute approximate surface area is 202 Å². The predicted molar refractivity (Wildman–Crippen MR) is 128 cm³/mol. The summed E-state index contributed by atoms with van der Waals surface area (Å²) in [5, 5.41) is 26.7. The third-order valence-corrected chi connectivity index (χ3v) is 7.44. The smallest absolute Gasteiger partial charge is 0.245 e. The normalized spacial score (nSPS) is 26.9. The van der Waals surface area contributed by atoms with E-state index >= 15 is 0 Å². The molecule has 0 aromatic carbocycles. The van der Waals surface area contributed by atoms with Gasteiger partial charge in [0.05, 0.1) is 13.0 Å². The van der Waals surface area contributed by atoms with Gasteiger partial charge in [-0.15, -0.1) is 5.10 Å². The largest absolute Gasteiger partial charge is 0.385 e. The minimum Gasteiger partial charge on any atom is -0.385 e. The highest BCUT2D eigenvalue weighted by Gasteiger charge is 2.49. The number of carbonyl (C=O) groups is 1. The van der Waals surface area contributed by atoms with Gasteiger partial charge in [-0.1, -0.05) is 0 Å². The van der Waals surface area contributed by atoms with Gasteiger partial charge in [-0.05, 0) is 25.0 Å². The molecule has 186 valence electrons. The molecule has 0 bridgehead atoms. The monoisotopic (exact) mass is 482 g/mol. The number of nitrogens with two attached hydrogens (primary N) is 1. The number of H-pyrrole nitrogens is 1. The highest BCUT2D eigenvalue weighted by molar-refractivity contribution is 5.74. The number of hydrogen-bond donors (Lipinski definition) is 4. The first kappa shape index (κ1) is 22.3. The molecular weight excluding hydrogens is 450 g/mol. The van der Waals surface area contributed by atoms with Crippen molar-refractivity contribution in [2.45, 2.75) is 50.2 Å². The Balaban J connectivity index is 1.21. The highest BCUT2D eigenvalue weighted by Crippen LogP contribution is 2.40. The average molecular weight is 483 g/mol. The number of amides is 1. The van der Waals surface area contributed by atoms with Crippen LogP contribution in [0.25, 0.3) is 5.52 Å².